The minimum atomic E-state index is -1.90. The summed E-state index contributed by atoms with van der Waals surface area (Å²) in [6.45, 7) is 24.3. The lowest BCUT2D eigenvalue weighted by atomic mass is 9.72. The molecule has 0 spiro atoms. The van der Waals surface area contributed by atoms with Crippen molar-refractivity contribution in [2.75, 3.05) is 7.11 Å². The maximum Gasteiger partial charge on any atom is 0.242 e. The molecule has 0 aromatic heterocycles. The second-order valence-electron chi connectivity index (χ2n) is 9.64. The van der Waals surface area contributed by atoms with Crippen LogP contribution in [0.5, 0.6) is 0 Å². The summed E-state index contributed by atoms with van der Waals surface area (Å²) in [6.07, 6.45) is 6.84. The highest BCUT2D eigenvalue weighted by atomic mass is 28.4. The van der Waals surface area contributed by atoms with E-state index in [0.29, 0.717) is 0 Å². The van der Waals surface area contributed by atoms with Crippen LogP contribution >= 0.6 is 0 Å². The van der Waals surface area contributed by atoms with Crippen LogP contribution in [0.4, 0.5) is 0 Å². The second kappa shape index (κ2) is 7.45. The Morgan fingerprint density at radius 3 is 2.16 bits per heavy atom. The van der Waals surface area contributed by atoms with Crippen molar-refractivity contribution in [1.29, 1.82) is 0 Å². The third kappa shape index (κ3) is 5.11. The molecule has 0 unspecified atom stereocenters. The van der Waals surface area contributed by atoms with Crippen molar-refractivity contribution in [2.24, 2.45) is 5.41 Å². The Bertz CT molecular complexity index is 550. The van der Waals surface area contributed by atoms with Gasteiger partial charge in [0.2, 0.25) is 8.32 Å². The normalized spacial score (nSPS) is 27.0. The second-order valence-corrected chi connectivity index (χ2v) is 18.8. The molecule has 0 amide bonds. The van der Waals surface area contributed by atoms with Crippen molar-refractivity contribution >= 4 is 16.6 Å². The quantitative estimate of drug-likeness (QED) is 0.309. The summed E-state index contributed by atoms with van der Waals surface area (Å²) in [5, 5.41) is 0.166. The predicted molar refractivity (Wildman–Crippen MR) is 113 cm³/mol. The third-order valence-corrected chi connectivity index (χ3v) is 10.7. The Kier molecular flexibility index (Phi) is 6.63. The topological polar surface area (TPSA) is 27.7 Å². The van der Waals surface area contributed by atoms with Crippen LogP contribution in [-0.4, -0.2) is 29.8 Å². The van der Waals surface area contributed by atoms with Crippen molar-refractivity contribution in [3.8, 4) is 0 Å². The van der Waals surface area contributed by atoms with E-state index in [1.165, 1.54) is 0 Å². The largest absolute Gasteiger partial charge is 0.544 e. The zero-order valence-corrected chi connectivity index (χ0v) is 19.9. The molecular formula is C20H38O3Si2. The van der Waals surface area contributed by atoms with Crippen LogP contribution in [-0.2, 0) is 13.6 Å². The van der Waals surface area contributed by atoms with E-state index in [9.17, 15) is 0 Å². The summed E-state index contributed by atoms with van der Waals surface area (Å²) >= 11 is 0. The summed E-state index contributed by atoms with van der Waals surface area (Å²) in [6, 6.07) is 0. The Hall–Kier alpha value is -0.786. The molecule has 0 heterocycles. The van der Waals surface area contributed by atoms with E-state index in [0.717, 1.165) is 17.8 Å². The van der Waals surface area contributed by atoms with E-state index < -0.39 is 16.6 Å². The van der Waals surface area contributed by atoms with Crippen molar-refractivity contribution in [2.45, 2.75) is 78.0 Å². The van der Waals surface area contributed by atoms with Gasteiger partial charge in [0.15, 0.2) is 8.32 Å². The first-order chi connectivity index (χ1) is 11.2. The van der Waals surface area contributed by atoms with E-state index in [4.69, 9.17) is 13.6 Å². The molecule has 0 aromatic carbocycles. The van der Waals surface area contributed by atoms with Crippen molar-refractivity contribution < 1.29 is 13.6 Å². The van der Waals surface area contributed by atoms with Gasteiger partial charge in [-0.05, 0) is 57.2 Å². The first-order valence-corrected chi connectivity index (χ1v) is 15.4. The van der Waals surface area contributed by atoms with Gasteiger partial charge >= 0.3 is 0 Å². The van der Waals surface area contributed by atoms with E-state index in [2.05, 4.69) is 73.1 Å². The Morgan fingerprint density at radius 2 is 1.76 bits per heavy atom. The summed E-state index contributed by atoms with van der Waals surface area (Å²) < 4.78 is 18.5. The summed E-state index contributed by atoms with van der Waals surface area (Å²) in [7, 11) is -1.94. The fourth-order valence-corrected chi connectivity index (χ4v) is 4.94. The Balaban J connectivity index is 3.32. The highest BCUT2D eigenvalue weighted by molar-refractivity contribution is 6.74. The summed E-state index contributed by atoms with van der Waals surface area (Å²) in [4.78, 5) is 0. The van der Waals surface area contributed by atoms with Crippen molar-refractivity contribution in [3.63, 3.8) is 0 Å². The van der Waals surface area contributed by atoms with E-state index in [1.54, 1.807) is 13.4 Å². The predicted octanol–water partition coefficient (Wildman–Crippen LogP) is 6.24. The average molecular weight is 383 g/mol. The monoisotopic (exact) mass is 382 g/mol. The van der Waals surface area contributed by atoms with E-state index in [1.807, 2.05) is 6.08 Å². The molecule has 0 aromatic rings. The van der Waals surface area contributed by atoms with Gasteiger partial charge in [-0.25, -0.2) is 0 Å². The number of hydrogen-bond donors (Lipinski definition) is 0. The lowest BCUT2D eigenvalue weighted by Gasteiger charge is -2.47. The number of ether oxygens (including phenoxy) is 1. The Morgan fingerprint density at radius 1 is 1.20 bits per heavy atom. The van der Waals surface area contributed by atoms with Crippen molar-refractivity contribution in [3.05, 3.63) is 36.3 Å². The van der Waals surface area contributed by atoms with Crippen molar-refractivity contribution in [1.82, 2.24) is 0 Å². The van der Waals surface area contributed by atoms with Gasteiger partial charge in [0.05, 0.1) is 19.5 Å². The number of rotatable bonds is 6. The highest BCUT2D eigenvalue weighted by Gasteiger charge is 2.47. The van der Waals surface area contributed by atoms with Gasteiger partial charge in [-0.3, -0.25) is 0 Å². The molecule has 0 saturated heterocycles. The molecule has 25 heavy (non-hydrogen) atoms. The maximum absolute atomic E-state index is 6.79. The van der Waals surface area contributed by atoms with E-state index in [-0.39, 0.29) is 16.6 Å². The van der Waals surface area contributed by atoms with Crippen LogP contribution in [0.2, 0.25) is 37.8 Å². The van der Waals surface area contributed by atoms with Crippen LogP contribution in [0.15, 0.2) is 36.3 Å². The molecule has 1 aliphatic rings. The smallest absolute Gasteiger partial charge is 0.242 e. The van der Waals surface area contributed by atoms with Crippen LogP contribution in [0.25, 0.3) is 0 Å². The summed E-state index contributed by atoms with van der Waals surface area (Å²) in [5.41, 5.74) is 0.692. The molecule has 0 fully saturated rings. The van der Waals surface area contributed by atoms with Gasteiger partial charge in [0, 0.05) is 11.0 Å². The molecule has 0 aliphatic heterocycles. The van der Waals surface area contributed by atoms with Gasteiger partial charge < -0.3 is 13.6 Å². The minimum absolute atomic E-state index is 0.0428. The van der Waals surface area contributed by atoms with Gasteiger partial charge in [0.1, 0.15) is 5.76 Å². The fraction of sp³-hybridized carbons (Fsp3) is 0.700. The molecule has 144 valence electrons. The SMILES string of the molecule is C=C[C@@]1(C)/C(=C/OC)C(O[Si](C)(C)C)=CC[C@@H]1O[Si](C)(C)C(C)(C)C. The molecule has 0 N–H and O–H groups in total. The fourth-order valence-electron chi connectivity index (χ4n) is 2.68. The zero-order valence-electron chi connectivity index (χ0n) is 17.9. The van der Waals surface area contributed by atoms with Crippen LogP contribution in [0.3, 0.4) is 0 Å². The first kappa shape index (κ1) is 22.3. The molecule has 0 radical (unpaired) electrons. The molecule has 1 rings (SSSR count). The highest BCUT2D eigenvalue weighted by Crippen LogP contribution is 2.48. The molecule has 0 bridgehead atoms. The van der Waals surface area contributed by atoms with Crippen LogP contribution < -0.4 is 0 Å². The van der Waals surface area contributed by atoms with Gasteiger partial charge in [-0.1, -0.05) is 26.8 Å². The van der Waals surface area contributed by atoms with Gasteiger partial charge in [0.25, 0.3) is 0 Å². The lowest BCUT2D eigenvalue weighted by molar-refractivity contribution is 0.0920. The molecule has 2 atom stereocenters. The molecule has 5 heteroatoms. The molecule has 1 aliphatic carbocycles. The maximum atomic E-state index is 6.79. The van der Waals surface area contributed by atoms with E-state index >= 15 is 0 Å². The average Bonchev–Trinajstić information content (AvgIpc) is 2.43. The number of hydrogen-bond acceptors (Lipinski definition) is 3. The minimum Gasteiger partial charge on any atom is -0.544 e. The number of methoxy groups -OCH3 is 1. The molecular weight excluding hydrogens is 344 g/mol. The molecule has 3 nitrogen and oxygen atoms in total. The van der Waals surface area contributed by atoms with Crippen LogP contribution in [0.1, 0.15) is 34.1 Å². The third-order valence-electron chi connectivity index (χ3n) is 5.35. The Labute approximate surface area is 157 Å². The lowest BCUT2D eigenvalue weighted by Crippen LogP contribution is -2.50. The molecule has 0 saturated carbocycles. The van der Waals surface area contributed by atoms with Crippen LogP contribution in [0, 0.1) is 5.41 Å². The van der Waals surface area contributed by atoms with Gasteiger partial charge in [-0.15, -0.1) is 6.58 Å². The van der Waals surface area contributed by atoms with Gasteiger partial charge in [-0.2, -0.15) is 0 Å². The standard InChI is InChI=1S/C20H38O3Si2/c1-12-20(5)16(15-21-6)17(22-24(7,8)9)13-14-18(20)23-25(10,11)19(2,3)4/h12-13,15,18H,1,14H2,2-11H3/b16-15+/t18-,20-/m0/s1. The number of allylic oxidation sites excluding steroid dienone is 1. The first-order valence-electron chi connectivity index (χ1n) is 9.12. The zero-order chi connectivity index (χ0) is 19.7. The summed E-state index contributed by atoms with van der Waals surface area (Å²) in [5.74, 6) is 0.929.